The van der Waals surface area contributed by atoms with Gasteiger partial charge in [0.15, 0.2) is 5.12 Å². The minimum atomic E-state index is -0.0698. The van der Waals surface area contributed by atoms with Crippen LogP contribution in [0.3, 0.4) is 0 Å². The van der Waals surface area contributed by atoms with Crippen LogP contribution in [0.4, 0.5) is 5.82 Å². The number of carbonyl (C=O) groups is 2. The molecule has 1 fully saturated rings. The Hall–Kier alpha value is -0.780. The van der Waals surface area contributed by atoms with E-state index in [4.69, 9.17) is 23.2 Å². The lowest BCUT2D eigenvalue weighted by atomic mass is 10.4. The van der Waals surface area contributed by atoms with Crippen LogP contribution in [0.25, 0.3) is 0 Å². The number of pyridine rings is 1. The maximum atomic E-state index is 11.9. The van der Waals surface area contributed by atoms with Gasteiger partial charge in [0.1, 0.15) is 11.0 Å². The molecule has 1 atom stereocenters. The van der Waals surface area contributed by atoms with Crippen molar-refractivity contribution >= 4 is 51.8 Å². The van der Waals surface area contributed by atoms with Gasteiger partial charge in [-0.25, -0.2) is 4.98 Å². The molecule has 0 bridgehead atoms. The molecule has 0 aliphatic carbocycles. The molecular formula is C11H10Cl2N2O2S. The largest absolute Gasteiger partial charge is 0.296 e. The van der Waals surface area contributed by atoms with Crippen molar-refractivity contribution in [1.29, 1.82) is 0 Å². The summed E-state index contributed by atoms with van der Waals surface area (Å²) in [4.78, 5) is 28.5. The van der Waals surface area contributed by atoms with Crippen LogP contribution >= 0.6 is 35.0 Å². The summed E-state index contributed by atoms with van der Waals surface area (Å²) < 4.78 is 0. The molecular weight excluding hydrogens is 295 g/mol. The van der Waals surface area contributed by atoms with Crippen LogP contribution in [0, 0.1) is 0 Å². The van der Waals surface area contributed by atoms with Crippen molar-refractivity contribution in [2.24, 2.45) is 0 Å². The minimum absolute atomic E-state index is 0.00624. The van der Waals surface area contributed by atoms with Gasteiger partial charge in [-0.3, -0.25) is 14.5 Å². The van der Waals surface area contributed by atoms with Gasteiger partial charge in [0, 0.05) is 30.2 Å². The van der Waals surface area contributed by atoms with E-state index in [2.05, 4.69) is 4.98 Å². The van der Waals surface area contributed by atoms with Gasteiger partial charge < -0.3 is 0 Å². The molecule has 2 heterocycles. The summed E-state index contributed by atoms with van der Waals surface area (Å²) in [6.45, 7) is 1.94. The third kappa shape index (κ3) is 3.16. The highest BCUT2D eigenvalue weighted by Gasteiger charge is 2.32. The summed E-state index contributed by atoms with van der Waals surface area (Å²) in [5, 5.41) is 0.648. The first-order chi connectivity index (χ1) is 8.45. The first-order valence-electron chi connectivity index (χ1n) is 5.26. The van der Waals surface area contributed by atoms with E-state index in [1.807, 2.05) is 0 Å². The quantitative estimate of drug-likeness (QED) is 0.788. The molecule has 2 rings (SSSR count). The fraction of sp³-hybridized carbons (Fsp3) is 0.364. The summed E-state index contributed by atoms with van der Waals surface area (Å²) in [6.07, 6.45) is 0.329. The van der Waals surface area contributed by atoms with Crippen LogP contribution in [0.15, 0.2) is 12.1 Å². The molecule has 1 aromatic rings. The van der Waals surface area contributed by atoms with Crippen molar-refractivity contribution < 1.29 is 9.59 Å². The molecule has 1 saturated heterocycles. The third-order valence-corrected chi connectivity index (χ3v) is 3.84. The Balaban J connectivity index is 2.18. The summed E-state index contributed by atoms with van der Waals surface area (Å²) in [6, 6.07) is 3.10. The zero-order valence-electron chi connectivity index (χ0n) is 9.52. The molecule has 4 nitrogen and oxygen atoms in total. The Morgan fingerprint density at radius 3 is 2.83 bits per heavy atom. The number of nitrogens with zero attached hydrogens (tertiary/aromatic N) is 2. The van der Waals surface area contributed by atoms with E-state index in [9.17, 15) is 9.59 Å². The Labute approximate surface area is 119 Å². The topological polar surface area (TPSA) is 50.3 Å². The summed E-state index contributed by atoms with van der Waals surface area (Å²) >= 11 is 12.9. The highest BCUT2D eigenvalue weighted by atomic mass is 35.5. The maximum Gasteiger partial charge on any atom is 0.229 e. The van der Waals surface area contributed by atoms with E-state index >= 15 is 0 Å². The Morgan fingerprint density at radius 2 is 2.22 bits per heavy atom. The lowest BCUT2D eigenvalue weighted by molar-refractivity contribution is -0.117. The van der Waals surface area contributed by atoms with Crippen LogP contribution in [-0.2, 0) is 9.59 Å². The second-order valence-electron chi connectivity index (χ2n) is 3.91. The third-order valence-electron chi connectivity index (χ3n) is 2.44. The molecule has 1 aromatic heterocycles. The van der Waals surface area contributed by atoms with Crippen LogP contribution in [0.1, 0.15) is 13.3 Å². The molecule has 0 saturated carbocycles. The standard InChI is InChI=1S/C11H10Cl2N2O2S/c1-6(16)18-8-4-11(17)15(5-8)10-3-7(12)2-9(13)14-10/h2-3,8H,4-5H2,1H3. The van der Waals surface area contributed by atoms with Gasteiger partial charge in [-0.15, -0.1) is 0 Å². The number of hydrogen-bond donors (Lipinski definition) is 0. The smallest absolute Gasteiger partial charge is 0.229 e. The molecule has 18 heavy (non-hydrogen) atoms. The van der Waals surface area contributed by atoms with Crippen LogP contribution in [-0.4, -0.2) is 27.8 Å². The van der Waals surface area contributed by atoms with Gasteiger partial charge in [-0.2, -0.15) is 0 Å². The molecule has 1 amide bonds. The number of carbonyl (C=O) groups excluding carboxylic acids is 2. The van der Waals surface area contributed by atoms with E-state index in [0.29, 0.717) is 23.8 Å². The van der Waals surface area contributed by atoms with E-state index in [0.717, 1.165) is 0 Å². The lowest BCUT2D eigenvalue weighted by Gasteiger charge is -2.15. The molecule has 1 unspecified atom stereocenters. The second-order valence-corrected chi connectivity index (χ2v) is 6.21. The monoisotopic (exact) mass is 304 g/mol. The number of anilines is 1. The van der Waals surface area contributed by atoms with Gasteiger partial charge in [-0.05, 0) is 12.1 Å². The lowest BCUT2D eigenvalue weighted by Crippen LogP contribution is -2.26. The SMILES string of the molecule is CC(=O)SC1CC(=O)N(c2cc(Cl)cc(Cl)n2)C1. The first kappa shape index (κ1) is 13.6. The Kier molecular flexibility index (Phi) is 4.14. The van der Waals surface area contributed by atoms with Crippen LogP contribution in [0.2, 0.25) is 10.2 Å². The van der Waals surface area contributed by atoms with Gasteiger partial charge >= 0.3 is 0 Å². The van der Waals surface area contributed by atoms with Crippen molar-refractivity contribution in [1.82, 2.24) is 4.98 Å². The predicted molar refractivity (Wildman–Crippen MR) is 73.3 cm³/mol. The van der Waals surface area contributed by atoms with Crippen LogP contribution < -0.4 is 4.90 Å². The number of aromatic nitrogens is 1. The number of rotatable bonds is 2. The maximum absolute atomic E-state index is 11.9. The fourth-order valence-electron chi connectivity index (χ4n) is 1.80. The Morgan fingerprint density at radius 1 is 1.50 bits per heavy atom. The summed E-state index contributed by atoms with van der Waals surface area (Å²) in [5.74, 6) is 0.365. The Bertz CT molecular complexity index is 490. The normalized spacial score (nSPS) is 19.4. The average Bonchev–Trinajstić information content (AvgIpc) is 2.56. The van der Waals surface area contributed by atoms with Crippen LogP contribution in [0.5, 0.6) is 0 Å². The molecule has 0 N–H and O–H groups in total. The van der Waals surface area contributed by atoms with Crippen molar-refractivity contribution in [2.45, 2.75) is 18.6 Å². The van der Waals surface area contributed by atoms with E-state index < -0.39 is 0 Å². The molecule has 0 spiro atoms. The van der Waals surface area contributed by atoms with E-state index in [1.165, 1.54) is 29.7 Å². The zero-order valence-corrected chi connectivity index (χ0v) is 11.8. The summed E-state index contributed by atoms with van der Waals surface area (Å²) in [7, 11) is 0. The predicted octanol–water partition coefficient (Wildman–Crippen LogP) is 2.77. The first-order valence-corrected chi connectivity index (χ1v) is 6.90. The fourth-order valence-corrected chi connectivity index (χ4v) is 3.18. The van der Waals surface area contributed by atoms with Crippen molar-refractivity contribution in [3.05, 3.63) is 22.3 Å². The van der Waals surface area contributed by atoms with Gasteiger partial charge in [0.05, 0.1) is 0 Å². The minimum Gasteiger partial charge on any atom is -0.296 e. The van der Waals surface area contributed by atoms with Gasteiger partial charge in [-0.1, -0.05) is 35.0 Å². The average molecular weight is 305 g/mol. The number of halogens is 2. The van der Waals surface area contributed by atoms with Crippen molar-refractivity contribution in [3.63, 3.8) is 0 Å². The van der Waals surface area contributed by atoms with E-state index in [-0.39, 0.29) is 21.4 Å². The molecule has 1 aliphatic rings. The van der Waals surface area contributed by atoms with Gasteiger partial charge in [0.25, 0.3) is 0 Å². The molecule has 7 heteroatoms. The van der Waals surface area contributed by atoms with E-state index in [1.54, 1.807) is 6.07 Å². The number of thioether (sulfide) groups is 1. The van der Waals surface area contributed by atoms with Crippen molar-refractivity contribution in [2.75, 3.05) is 11.4 Å². The molecule has 0 aromatic carbocycles. The second kappa shape index (κ2) is 5.47. The number of amides is 1. The zero-order chi connectivity index (χ0) is 13.3. The highest BCUT2D eigenvalue weighted by molar-refractivity contribution is 8.14. The molecule has 96 valence electrons. The number of hydrogen-bond acceptors (Lipinski definition) is 4. The van der Waals surface area contributed by atoms with Gasteiger partial charge in [0.2, 0.25) is 5.91 Å². The molecule has 0 radical (unpaired) electrons. The highest BCUT2D eigenvalue weighted by Crippen LogP contribution is 2.29. The van der Waals surface area contributed by atoms with Crippen molar-refractivity contribution in [3.8, 4) is 0 Å². The molecule has 1 aliphatic heterocycles. The summed E-state index contributed by atoms with van der Waals surface area (Å²) in [5.41, 5.74) is 0.